The Morgan fingerprint density at radius 2 is 1.85 bits per heavy atom. The molecule has 4 heterocycles. The van der Waals surface area contributed by atoms with Crippen molar-refractivity contribution in [1.82, 2.24) is 24.5 Å². The van der Waals surface area contributed by atoms with E-state index in [2.05, 4.69) is 47.7 Å². The number of hydrogen-bond donors (Lipinski definition) is 0. The van der Waals surface area contributed by atoms with E-state index in [4.69, 9.17) is 0 Å². The molecule has 6 nitrogen and oxygen atoms in total. The lowest BCUT2D eigenvalue weighted by Crippen LogP contribution is -2.34. The largest absolute Gasteiger partial charge is 0.356 e. The minimum atomic E-state index is 0.498. The van der Waals surface area contributed by atoms with E-state index >= 15 is 0 Å². The summed E-state index contributed by atoms with van der Waals surface area (Å²) in [6, 6.07) is 6.30. The van der Waals surface area contributed by atoms with E-state index in [-0.39, 0.29) is 0 Å². The van der Waals surface area contributed by atoms with Crippen molar-refractivity contribution in [3.8, 4) is 0 Å². The minimum absolute atomic E-state index is 0.498. The van der Waals surface area contributed by atoms with E-state index < -0.39 is 0 Å². The van der Waals surface area contributed by atoms with Gasteiger partial charge in [-0.3, -0.25) is 4.98 Å². The zero-order valence-electron chi connectivity index (χ0n) is 15.4. The second-order valence-corrected chi connectivity index (χ2v) is 7.61. The molecule has 1 saturated heterocycles. The Morgan fingerprint density at radius 1 is 0.963 bits per heavy atom. The summed E-state index contributed by atoms with van der Waals surface area (Å²) in [4.78, 5) is 20.3. The third kappa shape index (κ3) is 3.56. The lowest BCUT2D eigenvalue weighted by atomic mass is 9.95. The number of nitrogens with zero attached hydrogens (tertiary/aromatic N) is 6. The zero-order valence-corrected chi connectivity index (χ0v) is 15.4. The van der Waals surface area contributed by atoms with Gasteiger partial charge in [0, 0.05) is 61.5 Å². The Balaban J connectivity index is 1.26. The molecule has 1 aliphatic carbocycles. The predicted molar refractivity (Wildman–Crippen MR) is 104 cm³/mol. The van der Waals surface area contributed by atoms with Gasteiger partial charge < -0.3 is 9.47 Å². The van der Waals surface area contributed by atoms with Crippen LogP contribution in [0.5, 0.6) is 0 Å². The van der Waals surface area contributed by atoms with Crippen LogP contribution < -0.4 is 4.90 Å². The van der Waals surface area contributed by atoms with E-state index in [1.807, 2.05) is 24.7 Å². The Labute approximate surface area is 159 Å². The highest BCUT2D eigenvalue weighted by molar-refractivity contribution is 5.41. The Bertz CT molecular complexity index is 894. The number of rotatable bonds is 5. The quantitative estimate of drug-likeness (QED) is 0.698. The summed E-state index contributed by atoms with van der Waals surface area (Å²) in [5.74, 6) is 3.45. The van der Waals surface area contributed by atoms with Gasteiger partial charge in [-0.15, -0.1) is 0 Å². The molecule has 0 radical (unpaired) electrons. The fraction of sp³-hybridized carbons (Fsp3) is 0.429. The van der Waals surface area contributed by atoms with Crippen LogP contribution in [0.3, 0.4) is 0 Å². The Hall–Kier alpha value is -2.76. The Morgan fingerprint density at radius 3 is 2.63 bits per heavy atom. The minimum Gasteiger partial charge on any atom is -0.356 e. The fourth-order valence-electron chi connectivity index (χ4n) is 4.01. The summed E-state index contributed by atoms with van der Waals surface area (Å²) in [7, 11) is 0. The molecule has 2 aliphatic rings. The van der Waals surface area contributed by atoms with Crippen molar-refractivity contribution in [2.45, 2.75) is 44.1 Å². The summed E-state index contributed by atoms with van der Waals surface area (Å²) < 4.78 is 2.27. The van der Waals surface area contributed by atoms with Crippen LogP contribution in [0.2, 0.25) is 0 Å². The zero-order chi connectivity index (χ0) is 18.1. The highest BCUT2D eigenvalue weighted by Crippen LogP contribution is 2.39. The van der Waals surface area contributed by atoms with Gasteiger partial charge in [-0.05, 0) is 37.3 Å². The summed E-state index contributed by atoms with van der Waals surface area (Å²) >= 11 is 0. The normalized spacial score (nSPS) is 18.0. The molecule has 3 aromatic heterocycles. The standard InChI is InChI=1S/C21H24N6/c1-2-16(13-22-7-1)14-27-11-8-23-21(27)18-5-9-26(10-6-18)20-12-19(17-3-4-17)24-15-25-20/h1-2,7-8,11-13,15,17-18H,3-6,9-10,14H2. The monoisotopic (exact) mass is 360 g/mol. The van der Waals surface area contributed by atoms with Gasteiger partial charge in [-0.1, -0.05) is 6.07 Å². The van der Waals surface area contributed by atoms with Crippen molar-refractivity contribution in [3.05, 3.63) is 66.4 Å². The van der Waals surface area contributed by atoms with Gasteiger partial charge in [0.1, 0.15) is 18.0 Å². The van der Waals surface area contributed by atoms with Crippen molar-refractivity contribution in [2.24, 2.45) is 0 Å². The number of hydrogen-bond acceptors (Lipinski definition) is 5. The molecule has 0 spiro atoms. The number of imidazole rings is 1. The van der Waals surface area contributed by atoms with E-state index in [0.717, 1.165) is 38.3 Å². The first-order valence-corrected chi connectivity index (χ1v) is 9.83. The molecular weight excluding hydrogens is 336 g/mol. The average molecular weight is 360 g/mol. The second-order valence-electron chi connectivity index (χ2n) is 7.61. The van der Waals surface area contributed by atoms with E-state index in [1.54, 1.807) is 6.33 Å². The molecule has 5 rings (SSSR count). The molecule has 3 aromatic rings. The summed E-state index contributed by atoms with van der Waals surface area (Å²) in [5, 5.41) is 0. The second kappa shape index (κ2) is 7.10. The van der Waals surface area contributed by atoms with Crippen molar-refractivity contribution >= 4 is 5.82 Å². The first-order chi connectivity index (χ1) is 13.4. The van der Waals surface area contributed by atoms with E-state index in [1.165, 1.54) is 29.9 Å². The third-order valence-electron chi connectivity index (χ3n) is 5.68. The van der Waals surface area contributed by atoms with Crippen molar-refractivity contribution in [3.63, 3.8) is 0 Å². The van der Waals surface area contributed by atoms with Gasteiger partial charge >= 0.3 is 0 Å². The number of aromatic nitrogens is 5. The Kier molecular flexibility index (Phi) is 4.32. The predicted octanol–water partition coefficient (Wildman–Crippen LogP) is 3.38. The van der Waals surface area contributed by atoms with Crippen LogP contribution in [-0.2, 0) is 6.54 Å². The molecule has 0 aromatic carbocycles. The molecule has 6 heteroatoms. The van der Waals surface area contributed by atoms with Crippen LogP contribution in [0.25, 0.3) is 0 Å². The first kappa shape index (κ1) is 16.4. The third-order valence-corrected chi connectivity index (χ3v) is 5.68. The van der Waals surface area contributed by atoms with Crippen molar-refractivity contribution in [1.29, 1.82) is 0 Å². The maximum absolute atomic E-state index is 4.68. The number of anilines is 1. The van der Waals surface area contributed by atoms with Crippen LogP contribution in [0, 0.1) is 0 Å². The van der Waals surface area contributed by atoms with Crippen LogP contribution in [0.4, 0.5) is 5.82 Å². The van der Waals surface area contributed by atoms with Gasteiger partial charge in [0.15, 0.2) is 0 Å². The average Bonchev–Trinajstić information content (AvgIpc) is 3.49. The van der Waals surface area contributed by atoms with E-state index in [0.29, 0.717) is 11.8 Å². The SMILES string of the molecule is c1cncc(Cn2ccnc2C2CCN(c3cc(C4CC4)ncn3)CC2)c1. The molecular formula is C21H24N6. The molecule has 0 N–H and O–H groups in total. The molecule has 1 saturated carbocycles. The summed E-state index contributed by atoms with van der Waals surface area (Å²) in [6.45, 7) is 2.87. The van der Waals surface area contributed by atoms with E-state index in [9.17, 15) is 0 Å². The highest BCUT2D eigenvalue weighted by atomic mass is 15.2. The molecule has 2 fully saturated rings. The highest BCUT2D eigenvalue weighted by Gasteiger charge is 2.28. The molecule has 27 heavy (non-hydrogen) atoms. The van der Waals surface area contributed by atoms with Crippen molar-refractivity contribution < 1.29 is 0 Å². The summed E-state index contributed by atoms with van der Waals surface area (Å²) in [5.41, 5.74) is 2.43. The molecule has 0 bridgehead atoms. The molecule has 0 atom stereocenters. The van der Waals surface area contributed by atoms with Gasteiger partial charge in [0.2, 0.25) is 0 Å². The van der Waals surface area contributed by atoms with Crippen LogP contribution in [0.1, 0.15) is 54.6 Å². The lowest BCUT2D eigenvalue weighted by molar-refractivity contribution is 0.468. The maximum atomic E-state index is 4.68. The first-order valence-electron chi connectivity index (χ1n) is 9.83. The lowest BCUT2D eigenvalue weighted by Gasteiger charge is -2.32. The van der Waals surface area contributed by atoms with Crippen LogP contribution in [0.15, 0.2) is 49.3 Å². The number of pyridine rings is 1. The van der Waals surface area contributed by atoms with Gasteiger partial charge in [0.25, 0.3) is 0 Å². The van der Waals surface area contributed by atoms with Gasteiger partial charge in [-0.25, -0.2) is 15.0 Å². The van der Waals surface area contributed by atoms with Gasteiger partial charge in [0.05, 0.1) is 6.54 Å². The number of piperidine rings is 1. The molecule has 0 amide bonds. The topological polar surface area (TPSA) is 59.7 Å². The van der Waals surface area contributed by atoms with Crippen LogP contribution in [-0.4, -0.2) is 37.6 Å². The molecule has 1 aliphatic heterocycles. The fourth-order valence-corrected chi connectivity index (χ4v) is 4.01. The molecule has 138 valence electrons. The molecule has 0 unspecified atom stereocenters. The van der Waals surface area contributed by atoms with Gasteiger partial charge in [-0.2, -0.15) is 0 Å². The van der Waals surface area contributed by atoms with Crippen LogP contribution >= 0.6 is 0 Å². The summed E-state index contributed by atoms with van der Waals surface area (Å²) in [6.07, 6.45) is 14.2. The van der Waals surface area contributed by atoms with Crippen molar-refractivity contribution in [2.75, 3.05) is 18.0 Å². The smallest absolute Gasteiger partial charge is 0.132 e. The maximum Gasteiger partial charge on any atom is 0.132 e.